The van der Waals surface area contributed by atoms with Gasteiger partial charge >= 0.3 is 0 Å². The number of fused-ring (bicyclic) bond motifs is 3. The number of nitrogens with zero attached hydrogens (tertiary/aromatic N) is 9. The van der Waals surface area contributed by atoms with Gasteiger partial charge in [0.15, 0.2) is 52.4 Å². The molecule has 12 aromatic rings. The number of benzene rings is 9. The van der Waals surface area contributed by atoms with Crippen molar-refractivity contribution in [3.8, 4) is 171 Å². The summed E-state index contributed by atoms with van der Waals surface area (Å²) in [5.41, 5.74) is 13.6. The predicted molar refractivity (Wildman–Crippen MR) is 544 cm³/mol. The van der Waals surface area contributed by atoms with E-state index >= 15 is 0 Å². The van der Waals surface area contributed by atoms with Crippen LogP contribution >= 0.6 is 0 Å². The predicted octanol–water partition coefficient (Wildman–Crippen LogP) is 28.9. The lowest BCUT2D eigenvalue weighted by Gasteiger charge is -2.17. The van der Waals surface area contributed by atoms with Crippen molar-refractivity contribution < 1.29 is 59.4 Å². The highest BCUT2D eigenvalue weighted by atomic mass is 16.5. The third-order valence-electron chi connectivity index (χ3n) is 25.8. The molecule has 3 aliphatic rings. The molecule has 136 heavy (non-hydrogen) atoms. The van der Waals surface area contributed by atoms with Crippen LogP contribution in [0.1, 0.15) is 299 Å². The second kappa shape index (κ2) is 53.8. The number of aromatic hydroxyl groups is 7. The Labute approximate surface area is 805 Å². The van der Waals surface area contributed by atoms with Gasteiger partial charge < -0.3 is 59.4 Å². The highest BCUT2D eigenvalue weighted by Gasteiger charge is 2.26. The Kier molecular flexibility index (Phi) is 40.0. The van der Waals surface area contributed by atoms with E-state index in [-0.39, 0.29) is 51.9 Å². The second-order valence-corrected chi connectivity index (χ2v) is 36.7. The maximum Gasteiger partial charge on any atom is 0.167 e. The van der Waals surface area contributed by atoms with Crippen LogP contribution in [0.25, 0.3) is 102 Å². The minimum Gasteiger partial charge on any atom is -0.508 e. The standard InChI is InChI=1S/C49H69N3O4.C41H53N3O4.C25H21N3O4/c1-4-7-10-13-16-21-32-54-41-28-30-43(45(53)36-41)48-50-47(40-27-26-38-24-19-20-25-39(38)35-40)51-49(52-48)44-31-29-42(55-33-22-17-14-11-8-5-2)37-46(44)56-34-23-18-15-12-9-6-3;1-3-5-7-9-11-15-25-47-33-21-23-35(37(45)28-33)40-42-39(32-20-19-30-17-13-14-18-31(30)27-32)43-41(44-40)36-24-22-34(29-38(36)46)48-26-16-12-10-8-6-4-2;29-17-7-9-19(21(31)12-17)24-26-23(16-6-5-14-3-1-2-4-15(14)11-16)27-25(28-24)20-10-8-18(30)13-22(20)32/h26-31,35-37,53H,4-25,32-34H2,1-3H3;19-24,27-29,45-46H,3-18,25-26H2,1-2H3;5-13,29-32H,1-4H2. The van der Waals surface area contributed by atoms with Gasteiger partial charge in [0.1, 0.15) is 69.0 Å². The Balaban J connectivity index is 0.000000178. The van der Waals surface area contributed by atoms with Crippen LogP contribution in [-0.4, -0.2) is 114 Å². The zero-order chi connectivity index (χ0) is 95.0. The van der Waals surface area contributed by atoms with E-state index < -0.39 is 0 Å². The van der Waals surface area contributed by atoms with Gasteiger partial charge in [-0.1, -0.05) is 232 Å². The Morgan fingerprint density at radius 3 is 0.691 bits per heavy atom. The lowest BCUT2D eigenvalue weighted by molar-refractivity contribution is 0.290. The van der Waals surface area contributed by atoms with Gasteiger partial charge in [-0.15, -0.1) is 0 Å². The average molecular weight is 1840 g/mol. The summed E-state index contributed by atoms with van der Waals surface area (Å²) in [5, 5.41) is 73.7. The Morgan fingerprint density at radius 1 is 0.199 bits per heavy atom. The lowest BCUT2D eigenvalue weighted by atomic mass is 9.90. The van der Waals surface area contributed by atoms with Crippen molar-refractivity contribution in [3.63, 3.8) is 0 Å². The highest BCUT2D eigenvalue weighted by Crippen LogP contribution is 2.43. The minimum atomic E-state index is -0.173. The zero-order valence-electron chi connectivity index (χ0n) is 81.0. The highest BCUT2D eigenvalue weighted by molar-refractivity contribution is 5.77. The van der Waals surface area contributed by atoms with Gasteiger partial charge in [0.2, 0.25) is 0 Å². The van der Waals surface area contributed by atoms with E-state index in [1.807, 2.05) is 48.5 Å². The summed E-state index contributed by atoms with van der Waals surface area (Å²) >= 11 is 0. The maximum atomic E-state index is 11.4. The summed E-state index contributed by atoms with van der Waals surface area (Å²) in [6.45, 7) is 14.3. The van der Waals surface area contributed by atoms with E-state index in [0.717, 1.165) is 131 Å². The van der Waals surface area contributed by atoms with Gasteiger partial charge in [-0.3, -0.25) is 0 Å². The van der Waals surface area contributed by atoms with Gasteiger partial charge in [-0.25, -0.2) is 44.9 Å². The zero-order valence-corrected chi connectivity index (χ0v) is 81.0. The van der Waals surface area contributed by atoms with Crippen molar-refractivity contribution >= 4 is 0 Å². The Morgan fingerprint density at radius 2 is 0.419 bits per heavy atom. The molecule has 21 heteroatoms. The number of aromatic nitrogens is 9. The van der Waals surface area contributed by atoms with Crippen LogP contribution in [-0.2, 0) is 38.5 Å². The van der Waals surface area contributed by atoms with Crippen molar-refractivity contribution in [3.05, 3.63) is 197 Å². The topological polar surface area (TPSA) is 304 Å². The molecule has 3 aliphatic carbocycles. The van der Waals surface area contributed by atoms with Crippen LogP contribution in [0.5, 0.6) is 69.0 Å². The molecule has 0 amide bonds. The molecule has 7 N–H and O–H groups in total. The first-order valence-electron chi connectivity index (χ1n) is 51.1. The molecule has 0 saturated heterocycles. The number of hydrogen-bond acceptors (Lipinski definition) is 21. The fraction of sp³-hybridized carbons (Fsp3) is 0.452. The molecule has 0 atom stereocenters. The number of aryl methyl sites for hydroxylation is 6. The van der Waals surface area contributed by atoms with Gasteiger partial charge in [-0.05, 0) is 234 Å². The molecule has 0 unspecified atom stereocenters. The lowest BCUT2D eigenvalue weighted by Crippen LogP contribution is -2.06. The van der Waals surface area contributed by atoms with Gasteiger partial charge in [0.05, 0.1) is 66.4 Å². The smallest absolute Gasteiger partial charge is 0.167 e. The summed E-state index contributed by atoms with van der Waals surface area (Å²) in [6.07, 6.45) is 49.4. The Bertz CT molecular complexity index is 5630. The van der Waals surface area contributed by atoms with Crippen molar-refractivity contribution in [1.29, 1.82) is 0 Å². The number of phenolic OH excluding ortho intramolecular Hbond substituents is 7. The molecule has 0 aliphatic heterocycles. The van der Waals surface area contributed by atoms with Gasteiger partial charge in [0.25, 0.3) is 0 Å². The number of ether oxygens (including phenoxy) is 5. The molecular weight excluding hydrogens is 1700 g/mol. The van der Waals surface area contributed by atoms with Crippen LogP contribution in [0.2, 0.25) is 0 Å². The molecule has 3 heterocycles. The monoisotopic (exact) mass is 1840 g/mol. The molecule has 15 rings (SSSR count). The molecule has 9 aromatic carbocycles. The van der Waals surface area contributed by atoms with Crippen LogP contribution in [0, 0.1) is 0 Å². The SMILES string of the molecule is CCCCCCCCOc1ccc(-c2nc(-c3ccc4c(c3)CCCC4)nc(-c3ccc(OCCCCCCCC)cc3O)n2)c(O)c1.CCCCCCCCOc1ccc(-c2nc(-c3ccc4c(c3)CCCC4)nc(-c3ccc(OCCCCCCCC)cc3OCCCCCCCC)n2)c(O)c1.Oc1ccc(-c2nc(-c3ccc4c(c3)CCCC4)nc(-c3ccc(O)cc3O)n2)c(O)c1. The first kappa shape index (κ1) is 101. The second-order valence-electron chi connectivity index (χ2n) is 36.7. The molecular formula is C115H143N9O12. The van der Waals surface area contributed by atoms with Crippen LogP contribution in [0.15, 0.2) is 164 Å². The van der Waals surface area contributed by atoms with Gasteiger partial charge in [-0.2, -0.15) is 0 Å². The molecule has 0 fully saturated rings. The number of hydrogen-bond donors (Lipinski definition) is 7. The molecule has 0 spiro atoms. The van der Waals surface area contributed by atoms with E-state index in [1.165, 1.54) is 237 Å². The summed E-state index contributed by atoms with van der Waals surface area (Å²) < 4.78 is 30.7. The van der Waals surface area contributed by atoms with E-state index in [1.54, 1.807) is 30.3 Å². The average Bonchev–Trinajstić information content (AvgIpc) is 0.786. The number of phenols is 7. The third kappa shape index (κ3) is 30.1. The quantitative estimate of drug-likeness (QED) is 0.0174. The van der Waals surface area contributed by atoms with Gasteiger partial charge in [0, 0.05) is 53.1 Å². The number of unbranched alkanes of at least 4 members (excludes halogenated alkanes) is 25. The van der Waals surface area contributed by atoms with E-state index in [9.17, 15) is 35.7 Å². The Hall–Kier alpha value is -12.4. The van der Waals surface area contributed by atoms with E-state index in [2.05, 4.69) is 98.1 Å². The van der Waals surface area contributed by atoms with Crippen molar-refractivity contribution in [2.45, 2.75) is 304 Å². The summed E-state index contributed by atoms with van der Waals surface area (Å²) in [7, 11) is 0. The van der Waals surface area contributed by atoms with Crippen LogP contribution < -0.4 is 23.7 Å². The molecule has 0 radical (unpaired) electrons. The first-order chi connectivity index (χ1) is 66.6. The first-order valence-corrected chi connectivity index (χ1v) is 51.1. The van der Waals surface area contributed by atoms with Crippen molar-refractivity contribution in [1.82, 2.24) is 44.9 Å². The minimum absolute atomic E-state index is 0.0339. The third-order valence-corrected chi connectivity index (χ3v) is 25.8. The van der Waals surface area contributed by atoms with Crippen molar-refractivity contribution in [2.24, 2.45) is 0 Å². The summed E-state index contributed by atoms with van der Waals surface area (Å²) in [6, 6.07) is 49.5. The van der Waals surface area contributed by atoms with Crippen LogP contribution in [0.4, 0.5) is 0 Å². The van der Waals surface area contributed by atoms with Crippen molar-refractivity contribution in [2.75, 3.05) is 33.0 Å². The van der Waals surface area contributed by atoms with E-state index in [0.29, 0.717) is 125 Å². The molecule has 0 bridgehead atoms. The molecule has 720 valence electrons. The molecule has 0 saturated carbocycles. The van der Waals surface area contributed by atoms with E-state index in [4.69, 9.17) is 53.6 Å². The maximum absolute atomic E-state index is 11.4. The fourth-order valence-electron chi connectivity index (χ4n) is 17.9. The molecule has 21 nitrogen and oxygen atoms in total. The molecule has 3 aromatic heterocycles. The summed E-state index contributed by atoms with van der Waals surface area (Å²) in [4.78, 5) is 43.2. The largest absolute Gasteiger partial charge is 0.508 e. The van der Waals surface area contributed by atoms with Crippen LogP contribution in [0.3, 0.4) is 0 Å². The summed E-state index contributed by atoms with van der Waals surface area (Å²) in [5.74, 6) is 6.46. The number of rotatable bonds is 49. The fourth-order valence-corrected chi connectivity index (χ4v) is 17.9. The normalized spacial score (nSPS) is 12.6.